The molecule has 0 spiro atoms. The maximum atomic E-state index is 12.1. The van der Waals surface area contributed by atoms with Crippen molar-refractivity contribution in [1.29, 1.82) is 0 Å². The van der Waals surface area contributed by atoms with Crippen molar-refractivity contribution in [2.24, 2.45) is 4.99 Å². The van der Waals surface area contributed by atoms with Gasteiger partial charge in [-0.2, -0.15) is 13.2 Å². The van der Waals surface area contributed by atoms with E-state index in [1.54, 1.807) is 0 Å². The summed E-state index contributed by atoms with van der Waals surface area (Å²) in [6.45, 7) is 2.55. The van der Waals surface area contributed by atoms with Crippen molar-refractivity contribution in [3.63, 3.8) is 0 Å². The number of hydrogen-bond acceptors (Lipinski definition) is 3. The summed E-state index contributed by atoms with van der Waals surface area (Å²) in [5, 5.41) is 7.50. The average molecular weight is 319 g/mol. The highest BCUT2D eigenvalue weighted by Gasteiger charge is 2.26. The van der Waals surface area contributed by atoms with Gasteiger partial charge in [-0.15, -0.1) is 11.3 Å². The van der Waals surface area contributed by atoms with E-state index in [-0.39, 0.29) is 6.54 Å². The molecule has 0 aliphatic rings. The van der Waals surface area contributed by atoms with Crippen molar-refractivity contribution in [3.8, 4) is 0 Å². The summed E-state index contributed by atoms with van der Waals surface area (Å²) in [6.07, 6.45) is -1.31. The minimum atomic E-state index is -4.17. The van der Waals surface area contributed by atoms with Gasteiger partial charge in [0.25, 0.3) is 0 Å². The van der Waals surface area contributed by atoms with Crippen LogP contribution in [0.15, 0.2) is 22.8 Å². The van der Waals surface area contributed by atoms with Crippen molar-refractivity contribution in [1.82, 2.24) is 20.0 Å². The summed E-state index contributed by atoms with van der Waals surface area (Å²) in [5.41, 5.74) is 0.773. The predicted octanol–water partition coefficient (Wildman–Crippen LogP) is 2.40. The van der Waals surface area contributed by atoms with E-state index in [9.17, 15) is 13.2 Å². The minimum Gasteiger partial charge on any atom is -0.357 e. The second-order valence-corrected chi connectivity index (χ2v) is 5.19. The molecule has 2 rings (SSSR count). The number of aromatic nitrogens is 2. The van der Waals surface area contributed by atoms with Crippen molar-refractivity contribution < 1.29 is 13.2 Å². The van der Waals surface area contributed by atoms with E-state index in [0.29, 0.717) is 19.0 Å². The average Bonchev–Trinajstić information content (AvgIpc) is 2.94. The van der Waals surface area contributed by atoms with E-state index < -0.39 is 12.6 Å². The number of thiazole rings is 1. The number of nitrogens with one attached hydrogen (secondary N) is 2. The van der Waals surface area contributed by atoms with E-state index >= 15 is 0 Å². The molecule has 0 unspecified atom stereocenters. The Morgan fingerprint density at radius 3 is 2.90 bits per heavy atom. The summed E-state index contributed by atoms with van der Waals surface area (Å²) >= 11 is 1.52. The zero-order valence-electron chi connectivity index (χ0n) is 11.4. The first-order valence-electron chi connectivity index (χ1n) is 6.48. The molecule has 2 heterocycles. The molecule has 0 aliphatic carbocycles. The maximum absolute atomic E-state index is 12.1. The van der Waals surface area contributed by atoms with Crippen LogP contribution in [0.3, 0.4) is 0 Å². The Bertz CT molecular complexity index is 573. The Kier molecular flexibility index (Phi) is 5.05. The summed E-state index contributed by atoms with van der Waals surface area (Å²) in [7, 11) is 0. The molecule has 9 heteroatoms. The molecular formula is C12H16F3N5S. The van der Waals surface area contributed by atoms with Gasteiger partial charge in [-0.1, -0.05) is 0 Å². The molecule has 0 saturated carbocycles. The van der Waals surface area contributed by atoms with Crippen molar-refractivity contribution in [3.05, 3.63) is 23.5 Å². The zero-order valence-corrected chi connectivity index (χ0v) is 12.3. The first-order valence-corrected chi connectivity index (χ1v) is 7.36. The van der Waals surface area contributed by atoms with Gasteiger partial charge in [0.15, 0.2) is 10.9 Å². The van der Waals surface area contributed by atoms with E-state index in [0.717, 1.165) is 10.7 Å². The first kappa shape index (κ1) is 15.6. The highest BCUT2D eigenvalue weighted by molar-refractivity contribution is 7.15. The summed E-state index contributed by atoms with van der Waals surface area (Å²) in [4.78, 5) is 9.47. The molecular weight excluding hydrogens is 303 g/mol. The number of aliphatic imine (C=N–C) groups is 1. The van der Waals surface area contributed by atoms with Crippen molar-refractivity contribution in [2.45, 2.75) is 26.1 Å². The Hall–Kier alpha value is -1.77. The summed E-state index contributed by atoms with van der Waals surface area (Å²) in [6, 6.07) is 0. The second-order valence-electron chi connectivity index (χ2n) is 4.31. The lowest BCUT2D eigenvalue weighted by molar-refractivity contribution is -0.132. The fourth-order valence-electron chi connectivity index (χ4n) is 1.68. The number of nitrogens with zero attached hydrogens (tertiary/aromatic N) is 3. The number of guanidine groups is 1. The number of imidazole rings is 1. The molecule has 0 amide bonds. The van der Waals surface area contributed by atoms with Crippen LogP contribution in [0.4, 0.5) is 13.2 Å². The molecule has 0 atom stereocenters. The lowest BCUT2D eigenvalue weighted by Gasteiger charge is -2.12. The zero-order chi connectivity index (χ0) is 15.3. The molecule has 5 nitrogen and oxygen atoms in total. The van der Waals surface area contributed by atoms with E-state index in [2.05, 4.69) is 20.6 Å². The standard InChI is InChI=1S/C12H16F3N5S/c1-2-16-10(17-4-3-12(13,14)15)18-7-9-8-20-5-6-21-11(20)19-9/h5-6,8H,2-4,7H2,1H3,(H2,16,17,18). The van der Waals surface area contributed by atoms with Crippen LogP contribution < -0.4 is 10.6 Å². The van der Waals surface area contributed by atoms with Gasteiger partial charge in [0.2, 0.25) is 0 Å². The third kappa shape index (κ3) is 4.92. The predicted molar refractivity (Wildman–Crippen MR) is 76.6 cm³/mol. The van der Waals surface area contributed by atoms with E-state index in [1.165, 1.54) is 11.3 Å². The van der Waals surface area contributed by atoms with Gasteiger partial charge in [0.1, 0.15) is 0 Å². The van der Waals surface area contributed by atoms with Gasteiger partial charge < -0.3 is 10.6 Å². The Labute approximate surface area is 123 Å². The molecule has 0 bridgehead atoms. The fraction of sp³-hybridized carbons (Fsp3) is 0.500. The largest absolute Gasteiger partial charge is 0.390 e. The van der Waals surface area contributed by atoms with Crippen LogP contribution >= 0.6 is 11.3 Å². The molecule has 2 aromatic rings. The molecule has 0 aliphatic heterocycles. The SMILES string of the molecule is CCNC(=NCc1cn2ccsc2n1)NCCC(F)(F)F. The molecule has 2 aromatic heterocycles. The van der Waals surface area contributed by atoms with Crippen LogP contribution in [0.25, 0.3) is 4.96 Å². The van der Waals surface area contributed by atoms with Gasteiger partial charge >= 0.3 is 6.18 Å². The number of halogens is 3. The van der Waals surface area contributed by atoms with Gasteiger partial charge in [0, 0.05) is 30.9 Å². The Balaban J connectivity index is 1.91. The third-order valence-electron chi connectivity index (χ3n) is 2.59. The molecule has 0 saturated heterocycles. The van der Waals surface area contributed by atoms with Crippen LogP contribution in [0, 0.1) is 0 Å². The number of hydrogen-bond donors (Lipinski definition) is 2. The molecule has 2 N–H and O–H groups in total. The second kappa shape index (κ2) is 6.79. The number of alkyl halides is 3. The van der Waals surface area contributed by atoms with Crippen LogP contribution in [-0.2, 0) is 6.54 Å². The molecule has 21 heavy (non-hydrogen) atoms. The van der Waals surface area contributed by atoms with Gasteiger partial charge in [-0.25, -0.2) is 9.98 Å². The van der Waals surface area contributed by atoms with Gasteiger partial charge in [-0.05, 0) is 6.92 Å². The lowest BCUT2D eigenvalue weighted by atomic mass is 10.4. The summed E-state index contributed by atoms with van der Waals surface area (Å²) < 4.78 is 38.2. The highest BCUT2D eigenvalue weighted by Crippen LogP contribution is 2.18. The van der Waals surface area contributed by atoms with Crippen molar-refractivity contribution >= 4 is 22.3 Å². The van der Waals surface area contributed by atoms with Crippen LogP contribution in [0.2, 0.25) is 0 Å². The lowest BCUT2D eigenvalue weighted by Crippen LogP contribution is -2.38. The number of rotatable bonds is 5. The normalized spacial score (nSPS) is 12.9. The Morgan fingerprint density at radius 1 is 1.43 bits per heavy atom. The topological polar surface area (TPSA) is 53.7 Å². The van der Waals surface area contributed by atoms with Gasteiger partial charge in [-0.3, -0.25) is 4.40 Å². The quantitative estimate of drug-likeness (QED) is 0.657. The molecule has 0 radical (unpaired) electrons. The third-order valence-corrected chi connectivity index (χ3v) is 3.36. The molecule has 0 aromatic carbocycles. The van der Waals surface area contributed by atoms with Crippen LogP contribution in [0.5, 0.6) is 0 Å². The Morgan fingerprint density at radius 2 is 2.24 bits per heavy atom. The van der Waals surface area contributed by atoms with Crippen LogP contribution in [-0.4, -0.2) is 34.6 Å². The maximum Gasteiger partial charge on any atom is 0.390 e. The first-order chi connectivity index (χ1) is 9.98. The smallest absolute Gasteiger partial charge is 0.357 e. The highest BCUT2D eigenvalue weighted by atomic mass is 32.1. The van der Waals surface area contributed by atoms with Crippen LogP contribution in [0.1, 0.15) is 19.0 Å². The van der Waals surface area contributed by atoms with Crippen molar-refractivity contribution in [2.75, 3.05) is 13.1 Å². The molecule has 0 fully saturated rings. The molecule has 116 valence electrons. The van der Waals surface area contributed by atoms with Gasteiger partial charge in [0.05, 0.1) is 18.7 Å². The summed E-state index contributed by atoms with van der Waals surface area (Å²) in [5.74, 6) is 0.359. The van der Waals surface area contributed by atoms with E-state index in [1.807, 2.05) is 29.1 Å². The van der Waals surface area contributed by atoms with E-state index in [4.69, 9.17) is 0 Å². The fourth-order valence-corrected chi connectivity index (χ4v) is 2.40. The monoisotopic (exact) mass is 319 g/mol. The number of fused-ring (bicyclic) bond motifs is 1. The minimum absolute atomic E-state index is 0.201.